The van der Waals surface area contributed by atoms with Gasteiger partial charge in [0.15, 0.2) is 5.65 Å². The molecule has 2 aliphatic rings. The molecule has 0 radical (unpaired) electrons. The molecule has 8 heteroatoms. The van der Waals surface area contributed by atoms with Crippen molar-refractivity contribution in [2.45, 2.75) is 33.1 Å². The number of hydrogen-bond acceptors (Lipinski definition) is 7. The summed E-state index contributed by atoms with van der Waals surface area (Å²) < 4.78 is 0. The number of nitrogens with zero attached hydrogens (tertiary/aromatic N) is 5. The van der Waals surface area contributed by atoms with E-state index in [-0.39, 0.29) is 11.7 Å². The Morgan fingerprint density at radius 3 is 2.62 bits per heavy atom. The zero-order chi connectivity index (χ0) is 20.2. The Bertz CT molecular complexity index is 877. The van der Waals surface area contributed by atoms with Crippen LogP contribution in [0.5, 0.6) is 0 Å². The Kier molecular flexibility index (Phi) is 6.50. The van der Waals surface area contributed by atoms with Crippen molar-refractivity contribution in [3.8, 4) is 0 Å². The van der Waals surface area contributed by atoms with Gasteiger partial charge in [-0.25, -0.2) is 15.0 Å². The number of carbonyl (C=O) groups excluding carboxylic acids is 1. The monoisotopic (exact) mass is 414 g/mol. The molecule has 0 unspecified atom stereocenters. The predicted molar refractivity (Wildman–Crippen MR) is 119 cm³/mol. The van der Waals surface area contributed by atoms with Crippen LogP contribution in [-0.4, -0.2) is 76.5 Å². The van der Waals surface area contributed by atoms with E-state index in [0.29, 0.717) is 12.2 Å². The van der Waals surface area contributed by atoms with Crippen LogP contribution in [-0.2, 0) is 0 Å². The van der Waals surface area contributed by atoms with Crippen LogP contribution in [0.15, 0.2) is 6.07 Å². The average Bonchev–Trinajstić information content (AvgIpc) is 3.24. The van der Waals surface area contributed by atoms with Gasteiger partial charge in [0.1, 0.15) is 5.82 Å². The zero-order valence-corrected chi connectivity index (χ0v) is 18.2. The number of aromatic nitrogens is 3. The van der Waals surface area contributed by atoms with E-state index in [1.54, 1.807) is 0 Å². The smallest absolute Gasteiger partial charge is 0.289 e. The minimum Gasteiger partial charge on any atom is -0.354 e. The van der Waals surface area contributed by atoms with Crippen molar-refractivity contribution >= 4 is 34.5 Å². The fourth-order valence-electron chi connectivity index (χ4n) is 4.15. The van der Waals surface area contributed by atoms with Crippen LogP contribution in [0.3, 0.4) is 0 Å². The Morgan fingerprint density at radius 2 is 1.86 bits per heavy atom. The van der Waals surface area contributed by atoms with Crippen LogP contribution < -0.4 is 10.2 Å². The van der Waals surface area contributed by atoms with Crippen LogP contribution in [0.2, 0.25) is 0 Å². The summed E-state index contributed by atoms with van der Waals surface area (Å²) in [5, 5.41) is 3.97. The van der Waals surface area contributed by atoms with E-state index in [1.165, 1.54) is 25.9 Å². The second kappa shape index (κ2) is 9.26. The number of fused-ring (bicyclic) bond motifs is 1. The van der Waals surface area contributed by atoms with E-state index >= 15 is 0 Å². The summed E-state index contributed by atoms with van der Waals surface area (Å²) in [6.07, 6.45) is 3.54. The van der Waals surface area contributed by atoms with E-state index in [1.807, 2.05) is 18.7 Å². The van der Waals surface area contributed by atoms with E-state index in [2.05, 4.69) is 38.1 Å². The first-order valence-corrected chi connectivity index (χ1v) is 11.8. The third kappa shape index (κ3) is 4.80. The molecule has 4 rings (SSSR count). The molecular formula is C21H30N6OS. The molecule has 29 heavy (non-hydrogen) atoms. The molecule has 2 aromatic rings. The number of pyridine rings is 1. The van der Waals surface area contributed by atoms with Gasteiger partial charge in [-0.1, -0.05) is 0 Å². The highest BCUT2D eigenvalue weighted by Crippen LogP contribution is 2.28. The molecule has 4 heterocycles. The fraction of sp³-hybridized carbons (Fsp3) is 0.619. The van der Waals surface area contributed by atoms with Crippen LogP contribution in [0.25, 0.3) is 11.0 Å². The lowest BCUT2D eigenvalue weighted by Crippen LogP contribution is -2.35. The van der Waals surface area contributed by atoms with Crippen LogP contribution >= 0.6 is 11.8 Å². The van der Waals surface area contributed by atoms with E-state index in [0.717, 1.165) is 60.0 Å². The Balaban J connectivity index is 1.54. The SMILES string of the molecule is Cc1cc(C)c2c(N3CCSCC3)nc(C(=O)NCCCN3CCCC3)nc2n1. The number of amides is 1. The minimum absolute atomic E-state index is 0.207. The maximum absolute atomic E-state index is 12.8. The fourth-order valence-corrected chi connectivity index (χ4v) is 5.05. The molecule has 7 nitrogen and oxygen atoms in total. The molecule has 0 bridgehead atoms. The lowest BCUT2D eigenvalue weighted by Gasteiger charge is -2.28. The quantitative estimate of drug-likeness (QED) is 0.728. The number of thioether (sulfide) groups is 1. The number of likely N-dealkylation sites (tertiary alicyclic amines) is 1. The molecule has 0 aliphatic carbocycles. The van der Waals surface area contributed by atoms with Gasteiger partial charge in [-0.15, -0.1) is 0 Å². The number of nitrogens with one attached hydrogen (secondary N) is 1. The van der Waals surface area contributed by atoms with Crippen molar-refractivity contribution < 1.29 is 4.79 Å². The third-order valence-corrected chi connectivity index (χ3v) is 6.56. The molecule has 2 aromatic heterocycles. The number of carbonyl (C=O) groups is 1. The number of rotatable bonds is 6. The number of anilines is 1. The molecule has 1 N–H and O–H groups in total. The molecule has 2 aliphatic heterocycles. The van der Waals surface area contributed by atoms with Gasteiger partial charge in [0, 0.05) is 36.8 Å². The summed E-state index contributed by atoms with van der Waals surface area (Å²) in [5.74, 6) is 3.01. The molecule has 2 fully saturated rings. The largest absolute Gasteiger partial charge is 0.354 e. The first-order valence-electron chi connectivity index (χ1n) is 10.6. The highest BCUT2D eigenvalue weighted by Gasteiger charge is 2.22. The van der Waals surface area contributed by atoms with E-state index in [9.17, 15) is 4.79 Å². The Labute approximate surface area is 176 Å². The maximum atomic E-state index is 12.8. The van der Waals surface area contributed by atoms with Crippen molar-refractivity contribution in [2.24, 2.45) is 0 Å². The van der Waals surface area contributed by atoms with Gasteiger partial charge in [-0.05, 0) is 64.4 Å². The van der Waals surface area contributed by atoms with Gasteiger partial charge in [0.25, 0.3) is 5.91 Å². The minimum atomic E-state index is -0.207. The normalized spacial score (nSPS) is 17.8. The zero-order valence-electron chi connectivity index (χ0n) is 17.4. The first-order chi connectivity index (χ1) is 14.1. The summed E-state index contributed by atoms with van der Waals surface area (Å²) in [4.78, 5) is 31.4. The van der Waals surface area contributed by atoms with Crippen LogP contribution in [0.1, 0.15) is 41.1 Å². The summed E-state index contributed by atoms with van der Waals surface area (Å²) in [6.45, 7) is 9.95. The second-order valence-corrected chi connectivity index (χ2v) is 9.13. The first kappa shape index (κ1) is 20.3. The third-order valence-electron chi connectivity index (χ3n) is 5.62. The number of hydrogen-bond donors (Lipinski definition) is 1. The molecule has 0 spiro atoms. The second-order valence-electron chi connectivity index (χ2n) is 7.91. The van der Waals surface area contributed by atoms with Gasteiger partial charge in [0.2, 0.25) is 5.82 Å². The standard InChI is InChI=1S/C21H30N6OS/c1-15-14-16(2)23-18-17(15)20(27-10-12-29-13-11-27)25-19(24-18)21(28)22-6-5-9-26-7-3-4-8-26/h14H,3-13H2,1-2H3,(H,22,28). The molecular weight excluding hydrogens is 384 g/mol. The van der Waals surface area contributed by atoms with Crippen molar-refractivity contribution in [3.63, 3.8) is 0 Å². The molecule has 0 atom stereocenters. The lowest BCUT2D eigenvalue weighted by atomic mass is 10.1. The van der Waals surface area contributed by atoms with Crippen molar-refractivity contribution in [1.82, 2.24) is 25.2 Å². The van der Waals surface area contributed by atoms with Gasteiger partial charge in [0.05, 0.1) is 5.39 Å². The predicted octanol–water partition coefficient (Wildman–Crippen LogP) is 2.41. The molecule has 156 valence electrons. The number of aryl methyl sites for hydroxylation is 2. The topological polar surface area (TPSA) is 74.2 Å². The van der Waals surface area contributed by atoms with Gasteiger partial charge in [-0.3, -0.25) is 4.79 Å². The lowest BCUT2D eigenvalue weighted by molar-refractivity contribution is 0.0942. The molecule has 0 saturated carbocycles. The van der Waals surface area contributed by atoms with Gasteiger partial charge in [-0.2, -0.15) is 11.8 Å². The van der Waals surface area contributed by atoms with Gasteiger partial charge < -0.3 is 15.1 Å². The molecule has 0 aromatic carbocycles. The summed E-state index contributed by atoms with van der Waals surface area (Å²) in [5.41, 5.74) is 2.64. The van der Waals surface area contributed by atoms with Crippen molar-refractivity contribution in [1.29, 1.82) is 0 Å². The highest BCUT2D eigenvalue weighted by atomic mass is 32.2. The summed E-state index contributed by atoms with van der Waals surface area (Å²) in [7, 11) is 0. The van der Waals surface area contributed by atoms with Crippen molar-refractivity contribution in [3.05, 3.63) is 23.1 Å². The summed E-state index contributed by atoms with van der Waals surface area (Å²) >= 11 is 1.96. The summed E-state index contributed by atoms with van der Waals surface area (Å²) in [6, 6.07) is 2.06. The van der Waals surface area contributed by atoms with Crippen LogP contribution in [0, 0.1) is 13.8 Å². The van der Waals surface area contributed by atoms with Crippen molar-refractivity contribution in [2.75, 3.05) is 55.7 Å². The average molecular weight is 415 g/mol. The maximum Gasteiger partial charge on any atom is 0.289 e. The Hall–Kier alpha value is -1.93. The highest BCUT2D eigenvalue weighted by molar-refractivity contribution is 7.99. The van der Waals surface area contributed by atoms with Crippen LogP contribution in [0.4, 0.5) is 5.82 Å². The van der Waals surface area contributed by atoms with Gasteiger partial charge >= 0.3 is 0 Å². The van der Waals surface area contributed by atoms with E-state index < -0.39 is 0 Å². The van der Waals surface area contributed by atoms with E-state index in [4.69, 9.17) is 4.98 Å². The molecule has 1 amide bonds. The molecule has 2 saturated heterocycles. The Morgan fingerprint density at radius 1 is 1.10 bits per heavy atom.